The lowest BCUT2D eigenvalue weighted by atomic mass is 10.1. The molecule has 1 aromatic heterocycles. The first-order valence-electron chi connectivity index (χ1n) is 7.41. The number of piperidine rings is 1. The lowest BCUT2D eigenvalue weighted by Gasteiger charge is -2.31. The maximum atomic E-state index is 5.92. The third-order valence-corrected chi connectivity index (χ3v) is 5.34. The molecule has 0 unspecified atom stereocenters. The van der Waals surface area contributed by atoms with E-state index >= 15 is 0 Å². The zero-order chi connectivity index (χ0) is 15.4. The smallest absolute Gasteiger partial charge is 0.144 e. The topological polar surface area (TPSA) is 55.0 Å². The number of nitrogens with two attached hydrogens (primary N) is 1. The first-order chi connectivity index (χ1) is 10.7. The van der Waals surface area contributed by atoms with E-state index in [2.05, 4.69) is 27.0 Å². The molecule has 0 atom stereocenters. The largest absolute Gasteiger partial charge is 0.384 e. The van der Waals surface area contributed by atoms with Crippen LogP contribution >= 0.6 is 23.4 Å². The number of likely N-dealkylation sites (tertiary alicyclic amines) is 1. The van der Waals surface area contributed by atoms with Crippen LogP contribution in [0.2, 0.25) is 5.02 Å². The summed E-state index contributed by atoms with van der Waals surface area (Å²) in [4.78, 5) is 12.2. The minimum absolute atomic E-state index is 0.540. The van der Waals surface area contributed by atoms with Crippen molar-refractivity contribution in [3.63, 3.8) is 0 Å². The summed E-state index contributed by atoms with van der Waals surface area (Å²) < 4.78 is 0. The minimum Gasteiger partial charge on any atom is -0.384 e. The normalized spacial score (nSPS) is 16.8. The van der Waals surface area contributed by atoms with Crippen LogP contribution in [-0.4, -0.2) is 33.2 Å². The highest BCUT2D eigenvalue weighted by Crippen LogP contribution is 2.31. The van der Waals surface area contributed by atoms with Crippen molar-refractivity contribution in [1.29, 1.82) is 0 Å². The van der Waals surface area contributed by atoms with Gasteiger partial charge in [0.05, 0.1) is 6.54 Å². The molecule has 1 fully saturated rings. The molecule has 1 aliphatic heterocycles. The highest BCUT2D eigenvalue weighted by Gasteiger charge is 2.20. The van der Waals surface area contributed by atoms with E-state index in [0.717, 1.165) is 30.5 Å². The molecule has 4 nitrogen and oxygen atoms in total. The lowest BCUT2D eigenvalue weighted by Crippen LogP contribution is -2.34. The first kappa shape index (κ1) is 15.6. The summed E-state index contributed by atoms with van der Waals surface area (Å²) >= 11 is 7.87. The fraction of sp³-hybridized carbons (Fsp3) is 0.375. The second-order valence-corrected chi connectivity index (χ2v) is 7.26. The van der Waals surface area contributed by atoms with Gasteiger partial charge in [-0.25, -0.2) is 9.97 Å². The molecule has 22 heavy (non-hydrogen) atoms. The molecule has 0 bridgehead atoms. The average Bonchev–Trinajstić information content (AvgIpc) is 2.52. The van der Waals surface area contributed by atoms with Gasteiger partial charge in [-0.15, -0.1) is 11.8 Å². The molecular formula is C16H19ClN4S. The molecule has 0 amide bonds. The number of aromatic nitrogens is 2. The van der Waals surface area contributed by atoms with Gasteiger partial charge >= 0.3 is 0 Å². The van der Waals surface area contributed by atoms with Gasteiger partial charge in [0.1, 0.15) is 11.6 Å². The SMILES string of the molecule is Nc1ccnc(CN2CCC(Sc3ccc(Cl)cc3)CC2)n1. The number of thioether (sulfide) groups is 1. The molecule has 2 N–H and O–H groups in total. The van der Waals surface area contributed by atoms with Crippen LogP contribution in [0.5, 0.6) is 0 Å². The Morgan fingerprint density at radius 2 is 1.91 bits per heavy atom. The van der Waals surface area contributed by atoms with Crippen LogP contribution in [0, 0.1) is 0 Å². The van der Waals surface area contributed by atoms with Gasteiger partial charge in [-0.3, -0.25) is 4.90 Å². The zero-order valence-electron chi connectivity index (χ0n) is 12.3. The fourth-order valence-electron chi connectivity index (χ4n) is 2.58. The van der Waals surface area contributed by atoms with Crippen molar-refractivity contribution in [3.05, 3.63) is 47.4 Å². The molecule has 2 aromatic rings. The van der Waals surface area contributed by atoms with Gasteiger partial charge in [0, 0.05) is 21.4 Å². The summed E-state index contributed by atoms with van der Waals surface area (Å²) in [6, 6.07) is 9.82. The number of halogens is 1. The van der Waals surface area contributed by atoms with Crippen molar-refractivity contribution in [2.24, 2.45) is 0 Å². The molecule has 3 rings (SSSR count). The van der Waals surface area contributed by atoms with Crippen molar-refractivity contribution in [2.75, 3.05) is 18.8 Å². The lowest BCUT2D eigenvalue weighted by molar-refractivity contribution is 0.220. The van der Waals surface area contributed by atoms with Crippen molar-refractivity contribution in [1.82, 2.24) is 14.9 Å². The molecule has 0 radical (unpaired) electrons. The minimum atomic E-state index is 0.540. The van der Waals surface area contributed by atoms with Gasteiger partial charge in [-0.2, -0.15) is 0 Å². The van der Waals surface area contributed by atoms with Crippen LogP contribution in [0.1, 0.15) is 18.7 Å². The summed E-state index contributed by atoms with van der Waals surface area (Å²) in [5.74, 6) is 1.35. The molecule has 0 aliphatic carbocycles. The van der Waals surface area contributed by atoms with Gasteiger partial charge in [0.25, 0.3) is 0 Å². The van der Waals surface area contributed by atoms with Gasteiger partial charge in [0.2, 0.25) is 0 Å². The third-order valence-electron chi connectivity index (χ3n) is 3.74. The Kier molecular flexibility index (Phi) is 5.18. The summed E-state index contributed by atoms with van der Waals surface area (Å²) in [7, 11) is 0. The van der Waals surface area contributed by atoms with Gasteiger partial charge in [-0.05, 0) is 56.3 Å². The predicted molar refractivity (Wildman–Crippen MR) is 92.1 cm³/mol. The molecule has 0 saturated carbocycles. The summed E-state index contributed by atoms with van der Waals surface area (Å²) in [6.07, 6.45) is 4.08. The fourth-order valence-corrected chi connectivity index (χ4v) is 3.83. The first-order valence-corrected chi connectivity index (χ1v) is 8.67. The van der Waals surface area contributed by atoms with E-state index in [9.17, 15) is 0 Å². The highest BCUT2D eigenvalue weighted by molar-refractivity contribution is 8.00. The summed E-state index contributed by atoms with van der Waals surface area (Å²) in [5.41, 5.74) is 5.70. The standard InChI is InChI=1S/C16H19ClN4S/c17-12-1-3-13(4-2-12)22-14-6-9-21(10-7-14)11-16-19-8-5-15(18)20-16/h1-5,8,14H,6-7,9-11H2,(H2,18,19,20). The average molecular weight is 335 g/mol. The van der Waals surface area contributed by atoms with Crippen LogP contribution < -0.4 is 5.73 Å². The second-order valence-electron chi connectivity index (χ2n) is 5.45. The molecule has 1 aromatic carbocycles. The molecule has 0 spiro atoms. The van der Waals surface area contributed by atoms with Crippen molar-refractivity contribution in [3.8, 4) is 0 Å². The molecule has 2 heterocycles. The quantitative estimate of drug-likeness (QED) is 0.927. The van der Waals surface area contributed by atoms with Crippen molar-refractivity contribution >= 4 is 29.2 Å². The Morgan fingerprint density at radius 3 is 2.59 bits per heavy atom. The maximum absolute atomic E-state index is 5.92. The molecule has 6 heteroatoms. The van der Waals surface area contributed by atoms with Crippen LogP contribution in [0.25, 0.3) is 0 Å². The number of nitrogen functional groups attached to an aromatic ring is 1. The van der Waals surface area contributed by atoms with Crippen LogP contribution in [0.15, 0.2) is 41.4 Å². The Bertz CT molecular complexity index is 612. The molecular weight excluding hydrogens is 316 g/mol. The number of hydrogen-bond donors (Lipinski definition) is 1. The number of rotatable bonds is 4. The van der Waals surface area contributed by atoms with Crippen molar-refractivity contribution < 1.29 is 0 Å². The Balaban J connectivity index is 1.49. The van der Waals surface area contributed by atoms with E-state index in [0.29, 0.717) is 11.1 Å². The molecule has 1 aliphatic rings. The van der Waals surface area contributed by atoms with E-state index in [1.807, 2.05) is 23.9 Å². The van der Waals surface area contributed by atoms with Crippen LogP contribution in [0.3, 0.4) is 0 Å². The monoisotopic (exact) mass is 334 g/mol. The molecule has 1 saturated heterocycles. The summed E-state index contributed by atoms with van der Waals surface area (Å²) in [6.45, 7) is 2.93. The van der Waals surface area contributed by atoms with E-state index in [4.69, 9.17) is 17.3 Å². The molecule has 116 valence electrons. The zero-order valence-corrected chi connectivity index (χ0v) is 13.9. The van der Waals surface area contributed by atoms with Gasteiger partial charge in [0.15, 0.2) is 0 Å². The van der Waals surface area contributed by atoms with E-state index in [1.165, 1.54) is 17.7 Å². The highest BCUT2D eigenvalue weighted by atomic mass is 35.5. The Morgan fingerprint density at radius 1 is 1.18 bits per heavy atom. The Hall–Kier alpha value is -1.30. The maximum Gasteiger partial charge on any atom is 0.144 e. The number of nitrogens with zero attached hydrogens (tertiary/aromatic N) is 3. The Labute approximate surface area is 140 Å². The number of hydrogen-bond acceptors (Lipinski definition) is 5. The number of anilines is 1. The van der Waals surface area contributed by atoms with Gasteiger partial charge < -0.3 is 5.73 Å². The van der Waals surface area contributed by atoms with E-state index in [1.54, 1.807) is 12.3 Å². The van der Waals surface area contributed by atoms with Crippen molar-refractivity contribution in [2.45, 2.75) is 29.5 Å². The predicted octanol–water partition coefficient (Wildman–Crippen LogP) is 3.47. The van der Waals surface area contributed by atoms with Gasteiger partial charge in [-0.1, -0.05) is 11.6 Å². The van der Waals surface area contributed by atoms with Crippen LogP contribution in [-0.2, 0) is 6.54 Å². The second kappa shape index (κ2) is 7.31. The van der Waals surface area contributed by atoms with E-state index < -0.39 is 0 Å². The number of benzene rings is 1. The third kappa shape index (κ3) is 4.35. The van der Waals surface area contributed by atoms with Crippen LogP contribution in [0.4, 0.5) is 5.82 Å². The van der Waals surface area contributed by atoms with E-state index in [-0.39, 0.29) is 0 Å². The summed E-state index contributed by atoms with van der Waals surface area (Å²) in [5, 5.41) is 1.46.